The Bertz CT molecular complexity index is 978. The van der Waals surface area contributed by atoms with Gasteiger partial charge in [0.2, 0.25) is 5.91 Å². The Morgan fingerprint density at radius 2 is 1.83 bits per heavy atom. The van der Waals surface area contributed by atoms with Crippen LogP contribution in [0.1, 0.15) is 32.8 Å². The number of carbonyl (C=O) groups excluding carboxylic acids is 1. The van der Waals surface area contributed by atoms with Gasteiger partial charge in [-0.15, -0.1) is 0 Å². The third-order valence-corrected chi connectivity index (χ3v) is 5.47. The van der Waals surface area contributed by atoms with Crippen molar-refractivity contribution in [1.29, 1.82) is 0 Å². The summed E-state index contributed by atoms with van der Waals surface area (Å²) in [7, 11) is 1.65. The van der Waals surface area contributed by atoms with Gasteiger partial charge in [-0.1, -0.05) is 39.0 Å². The number of methoxy groups -OCH3 is 1. The summed E-state index contributed by atoms with van der Waals surface area (Å²) < 4.78 is 11.8. The summed E-state index contributed by atoms with van der Waals surface area (Å²) >= 11 is 0. The molecule has 0 radical (unpaired) electrons. The lowest BCUT2D eigenvalue weighted by Crippen LogP contribution is -2.42. The summed E-state index contributed by atoms with van der Waals surface area (Å²) in [6.45, 7) is 8.92. The second-order valence-electron chi connectivity index (χ2n) is 8.72. The molecule has 158 valence electrons. The summed E-state index contributed by atoms with van der Waals surface area (Å²) in [6.07, 6.45) is 0.892. The molecule has 0 aliphatic carbocycles. The lowest BCUT2D eigenvalue weighted by molar-refractivity contribution is -0.139. The van der Waals surface area contributed by atoms with Crippen molar-refractivity contribution >= 4 is 17.4 Å². The summed E-state index contributed by atoms with van der Waals surface area (Å²) in [5.74, 6) is 3.12. The molecule has 2 heterocycles. The SMILES string of the molecule is COc1cccc2c1Oc1ccccc1N=C2N1CCCN(C(=O)C(C)(C)C)CC1. The van der Waals surface area contributed by atoms with E-state index < -0.39 is 0 Å². The number of amides is 1. The van der Waals surface area contributed by atoms with Crippen molar-refractivity contribution in [3.8, 4) is 17.2 Å². The van der Waals surface area contributed by atoms with Gasteiger partial charge in [0.1, 0.15) is 11.5 Å². The van der Waals surface area contributed by atoms with Crippen molar-refractivity contribution in [2.24, 2.45) is 10.4 Å². The highest BCUT2D eigenvalue weighted by molar-refractivity contribution is 6.04. The van der Waals surface area contributed by atoms with Crippen molar-refractivity contribution in [2.75, 3.05) is 33.3 Å². The highest BCUT2D eigenvalue weighted by Crippen LogP contribution is 2.42. The maximum atomic E-state index is 12.8. The van der Waals surface area contributed by atoms with Crippen molar-refractivity contribution in [1.82, 2.24) is 9.80 Å². The van der Waals surface area contributed by atoms with Gasteiger partial charge in [0, 0.05) is 31.6 Å². The van der Waals surface area contributed by atoms with Gasteiger partial charge in [-0.2, -0.15) is 0 Å². The van der Waals surface area contributed by atoms with Crippen molar-refractivity contribution < 1.29 is 14.3 Å². The summed E-state index contributed by atoms with van der Waals surface area (Å²) in [6, 6.07) is 13.7. The maximum absolute atomic E-state index is 12.8. The minimum absolute atomic E-state index is 0.197. The number of ether oxygens (including phenoxy) is 2. The molecule has 1 saturated heterocycles. The molecular weight excluding hydrogens is 378 g/mol. The number of nitrogens with zero attached hydrogens (tertiary/aromatic N) is 3. The standard InChI is InChI=1S/C24H29N3O3/c1-24(2,3)23(28)27-14-8-13-26(15-16-27)22-17-9-7-12-20(29-4)21(17)30-19-11-6-5-10-18(19)25-22/h5-7,9-12H,8,13-16H2,1-4H3. The monoisotopic (exact) mass is 407 g/mol. The molecule has 0 saturated carbocycles. The molecule has 0 atom stereocenters. The fourth-order valence-electron chi connectivity index (χ4n) is 3.93. The Labute approximate surface area is 178 Å². The average Bonchev–Trinajstić information content (AvgIpc) is 3.06. The van der Waals surface area contributed by atoms with E-state index >= 15 is 0 Å². The Morgan fingerprint density at radius 3 is 2.60 bits per heavy atom. The largest absolute Gasteiger partial charge is 0.493 e. The third-order valence-electron chi connectivity index (χ3n) is 5.47. The first-order valence-corrected chi connectivity index (χ1v) is 10.5. The number of rotatable bonds is 1. The smallest absolute Gasteiger partial charge is 0.228 e. The number of aliphatic imine (C=N–C) groups is 1. The number of para-hydroxylation sites is 3. The zero-order chi connectivity index (χ0) is 21.3. The lowest BCUT2D eigenvalue weighted by atomic mass is 9.94. The molecule has 0 bridgehead atoms. The first kappa shape index (κ1) is 20.3. The fraction of sp³-hybridized carbons (Fsp3) is 0.417. The predicted octanol–water partition coefficient (Wildman–Crippen LogP) is 4.46. The number of carbonyl (C=O) groups is 1. The molecule has 0 N–H and O–H groups in total. The molecule has 30 heavy (non-hydrogen) atoms. The highest BCUT2D eigenvalue weighted by Gasteiger charge is 2.31. The molecule has 1 amide bonds. The number of hydrogen-bond acceptors (Lipinski definition) is 5. The molecule has 0 unspecified atom stereocenters. The minimum atomic E-state index is -0.373. The molecule has 2 aromatic carbocycles. The highest BCUT2D eigenvalue weighted by atomic mass is 16.5. The topological polar surface area (TPSA) is 54.4 Å². The zero-order valence-corrected chi connectivity index (χ0v) is 18.1. The molecule has 2 aliphatic heterocycles. The Hall–Kier alpha value is -3.02. The zero-order valence-electron chi connectivity index (χ0n) is 18.1. The number of hydrogen-bond donors (Lipinski definition) is 0. The number of amidine groups is 1. The van der Waals surface area contributed by atoms with Crippen LogP contribution in [0.15, 0.2) is 47.5 Å². The third kappa shape index (κ3) is 3.86. The Morgan fingerprint density at radius 1 is 1.03 bits per heavy atom. The van der Waals surface area contributed by atoms with E-state index in [1.165, 1.54) is 0 Å². The van der Waals surface area contributed by atoms with Gasteiger partial charge in [0.05, 0.1) is 12.7 Å². The number of benzene rings is 2. The lowest BCUT2D eigenvalue weighted by Gasteiger charge is -2.29. The van der Waals surface area contributed by atoms with E-state index in [9.17, 15) is 4.79 Å². The van der Waals surface area contributed by atoms with Crippen LogP contribution in [0.25, 0.3) is 0 Å². The quantitative estimate of drug-likeness (QED) is 0.700. The van der Waals surface area contributed by atoms with E-state index in [-0.39, 0.29) is 11.3 Å². The van der Waals surface area contributed by atoms with Crippen molar-refractivity contribution in [3.05, 3.63) is 48.0 Å². The van der Waals surface area contributed by atoms with E-state index in [2.05, 4.69) is 4.90 Å². The van der Waals surface area contributed by atoms with Gasteiger partial charge in [-0.25, -0.2) is 4.99 Å². The number of fused-ring (bicyclic) bond motifs is 2. The van der Waals surface area contributed by atoms with Crippen LogP contribution in [-0.4, -0.2) is 54.8 Å². The maximum Gasteiger partial charge on any atom is 0.228 e. The summed E-state index contributed by atoms with van der Waals surface area (Å²) in [5, 5.41) is 0. The molecule has 6 heteroatoms. The van der Waals surface area contributed by atoms with Crippen LogP contribution < -0.4 is 9.47 Å². The average molecular weight is 408 g/mol. The van der Waals surface area contributed by atoms with Gasteiger partial charge in [0.15, 0.2) is 17.2 Å². The normalized spacial score (nSPS) is 16.5. The van der Waals surface area contributed by atoms with Crippen LogP contribution in [0.4, 0.5) is 5.69 Å². The first-order chi connectivity index (χ1) is 14.4. The van der Waals surface area contributed by atoms with Gasteiger partial charge in [-0.3, -0.25) is 4.79 Å². The van der Waals surface area contributed by atoms with Crippen molar-refractivity contribution in [3.63, 3.8) is 0 Å². The minimum Gasteiger partial charge on any atom is -0.493 e. The van der Waals surface area contributed by atoms with Gasteiger partial charge >= 0.3 is 0 Å². The molecule has 0 spiro atoms. The van der Waals surface area contributed by atoms with E-state index in [4.69, 9.17) is 14.5 Å². The molecule has 1 fully saturated rings. The van der Waals surface area contributed by atoms with Crippen LogP contribution in [-0.2, 0) is 4.79 Å². The van der Waals surface area contributed by atoms with Crippen LogP contribution >= 0.6 is 0 Å². The Kier molecular flexibility index (Phi) is 5.41. The second-order valence-corrected chi connectivity index (χ2v) is 8.72. The van der Waals surface area contributed by atoms with Crippen LogP contribution in [0, 0.1) is 5.41 Å². The molecule has 6 nitrogen and oxygen atoms in total. The van der Waals surface area contributed by atoms with E-state index in [0.29, 0.717) is 23.8 Å². The molecule has 4 rings (SSSR count). The van der Waals surface area contributed by atoms with E-state index in [0.717, 1.165) is 43.1 Å². The van der Waals surface area contributed by atoms with E-state index in [1.807, 2.05) is 68.1 Å². The van der Waals surface area contributed by atoms with Gasteiger partial charge < -0.3 is 19.3 Å². The fourth-order valence-corrected chi connectivity index (χ4v) is 3.93. The first-order valence-electron chi connectivity index (χ1n) is 10.5. The van der Waals surface area contributed by atoms with Crippen LogP contribution in [0.5, 0.6) is 17.2 Å². The summed E-state index contributed by atoms with van der Waals surface area (Å²) in [4.78, 5) is 22.0. The van der Waals surface area contributed by atoms with Crippen molar-refractivity contribution in [2.45, 2.75) is 27.2 Å². The molecule has 2 aromatic rings. The molecular formula is C24H29N3O3. The van der Waals surface area contributed by atoms with Crippen LogP contribution in [0.3, 0.4) is 0 Å². The molecule has 0 aromatic heterocycles. The Balaban J connectivity index is 1.71. The van der Waals surface area contributed by atoms with E-state index in [1.54, 1.807) is 7.11 Å². The second kappa shape index (κ2) is 8.01. The molecule has 2 aliphatic rings. The van der Waals surface area contributed by atoms with Gasteiger partial charge in [-0.05, 0) is 30.7 Å². The summed E-state index contributed by atoms with van der Waals surface area (Å²) in [5.41, 5.74) is 1.32. The van der Waals surface area contributed by atoms with Gasteiger partial charge in [0.25, 0.3) is 0 Å². The predicted molar refractivity (Wildman–Crippen MR) is 118 cm³/mol. The van der Waals surface area contributed by atoms with Crippen LogP contribution in [0.2, 0.25) is 0 Å².